The molecular formula is C24H37F2N5O. The number of hydrogen-bond donors (Lipinski definition) is 1. The van der Waals surface area contributed by atoms with Crippen molar-refractivity contribution >= 4 is 6.03 Å². The van der Waals surface area contributed by atoms with E-state index < -0.39 is 12.0 Å². The lowest BCUT2D eigenvalue weighted by atomic mass is 9.85. The molecule has 1 aromatic heterocycles. The number of carbonyl (C=O) groups excluding carboxylic acids is 1. The van der Waals surface area contributed by atoms with Gasteiger partial charge in [-0.1, -0.05) is 6.07 Å². The highest BCUT2D eigenvalue weighted by atomic mass is 19.3. The van der Waals surface area contributed by atoms with E-state index in [9.17, 15) is 4.79 Å². The first-order chi connectivity index (χ1) is 15.3. The van der Waals surface area contributed by atoms with Crippen molar-refractivity contribution in [1.82, 2.24) is 25.0 Å². The molecule has 1 aliphatic carbocycles. The number of nitrogens with one attached hydrogen (secondary N) is 1. The first-order valence-corrected chi connectivity index (χ1v) is 12.2. The fourth-order valence-electron chi connectivity index (χ4n) is 5.55. The average molecular weight is 450 g/mol. The Bertz CT molecular complexity index is 746. The van der Waals surface area contributed by atoms with E-state index in [2.05, 4.69) is 33.9 Å². The summed E-state index contributed by atoms with van der Waals surface area (Å²) in [5.74, 6) is -2.55. The zero-order valence-electron chi connectivity index (χ0n) is 19.4. The summed E-state index contributed by atoms with van der Waals surface area (Å²) in [6.07, 6.45) is 4.48. The number of hydrogen-bond acceptors (Lipinski definition) is 4. The highest BCUT2D eigenvalue weighted by molar-refractivity contribution is 5.75. The van der Waals surface area contributed by atoms with Crippen molar-refractivity contribution in [3.05, 3.63) is 30.1 Å². The molecule has 3 heterocycles. The van der Waals surface area contributed by atoms with Gasteiger partial charge in [0.1, 0.15) is 6.04 Å². The van der Waals surface area contributed by atoms with Crippen LogP contribution < -0.4 is 5.32 Å². The number of likely N-dealkylation sites (tertiary alicyclic amines) is 1. The number of amides is 2. The van der Waals surface area contributed by atoms with Crippen molar-refractivity contribution in [2.45, 2.75) is 75.9 Å². The van der Waals surface area contributed by atoms with Gasteiger partial charge in [-0.05, 0) is 51.7 Å². The number of aromatic nitrogens is 1. The number of urea groups is 1. The molecule has 2 saturated heterocycles. The van der Waals surface area contributed by atoms with E-state index in [0.717, 1.165) is 44.7 Å². The third-order valence-electron chi connectivity index (χ3n) is 7.57. The molecule has 2 aliphatic heterocycles. The lowest BCUT2D eigenvalue weighted by Gasteiger charge is -2.47. The van der Waals surface area contributed by atoms with Gasteiger partial charge in [-0.2, -0.15) is 0 Å². The van der Waals surface area contributed by atoms with Crippen LogP contribution in [-0.4, -0.2) is 89.0 Å². The van der Waals surface area contributed by atoms with E-state index >= 15 is 8.78 Å². The summed E-state index contributed by atoms with van der Waals surface area (Å²) in [5, 5.41) is 2.78. The quantitative estimate of drug-likeness (QED) is 0.764. The average Bonchev–Trinajstić information content (AvgIpc) is 2.81. The highest BCUT2D eigenvalue weighted by Gasteiger charge is 2.50. The molecule has 2 atom stereocenters. The largest absolute Gasteiger partial charge is 0.328 e. The molecule has 0 radical (unpaired) electrons. The number of piperidine rings is 1. The standard InChI is InChI=1S/C24H37F2N5O/c1-18(2)29-14-16-30(17-15-29)21-7-5-10-24(25,26)22(21)28-23(32)31-12-8-19(9-13-31)20-6-3-4-11-27-20/h3-4,6,11,18-19,21-22H,5,7-10,12-17H2,1-2H3,(H,28,32)/t21-,22+/m0/s1. The van der Waals surface area contributed by atoms with Gasteiger partial charge >= 0.3 is 6.03 Å². The van der Waals surface area contributed by atoms with Crippen LogP contribution in [0.3, 0.4) is 0 Å². The van der Waals surface area contributed by atoms with Crippen LogP contribution in [0.5, 0.6) is 0 Å². The Morgan fingerprint density at radius 3 is 2.44 bits per heavy atom. The van der Waals surface area contributed by atoms with Gasteiger partial charge in [0.25, 0.3) is 5.92 Å². The zero-order chi connectivity index (χ0) is 22.7. The highest BCUT2D eigenvalue weighted by Crippen LogP contribution is 2.37. The van der Waals surface area contributed by atoms with E-state index in [1.165, 1.54) is 0 Å². The zero-order valence-corrected chi connectivity index (χ0v) is 19.4. The second kappa shape index (κ2) is 10.00. The number of carbonyl (C=O) groups is 1. The maximum atomic E-state index is 15.0. The first kappa shape index (κ1) is 23.4. The first-order valence-electron chi connectivity index (χ1n) is 12.2. The fourth-order valence-corrected chi connectivity index (χ4v) is 5.55. The SMILES string of the molecule is CC(C)N1CCN([C@H]2CCCC(F)(F)[C@@H]2NC(=O)N2CCC(c3ccccn3)CC2)CC1. The molecule has 2 amide bonds. The van der Waals surface area contributed by atoms with Gasteiger partial charge in [-0.15, -0.1) is 0 Å². The molecule has 0 bridgehead atoms. The van der Waals surface area contributed by atoms with E-state index in [0.29, 0.717) is 37.9 Å². The monoisotopic (exact) mass is 449 g/mol. The smallest absolute Gasteiger partial charge is 0.317 e. The Labute approximate surface area is 190 Å². The Kier molecular flexibility index (Phi) is 7.30. The summed E-state index contributed by atoms with van der Waals surface area (Å²) in [6.45, 7) is 8.82. The van der Waals surface area contributed by atoms with Gasteiger partial charge in [0.2, 0.25) is 0 Å². The second-order valence-electron chi connectivity index (χ2n) is 9.83. The molecular weight excluding hydrogens is 412 g/mol. The van der Waals surface area contributed by atoms with Gasteiger partial charge in [0.05, 0.1) is 0 Å². The van der Waals surface area contributed by atoms with Crippen molar-refractivity contribution in [2.75, 3.05) is 39.3 Å². The summed E-state index contributed by atoms with van der Waals surface area (Å²) >= 11 is 0. The molecule has 3 fully saturated rings. The van der Waals surface area contributed by atoms with E-state index in [4.69, 9.17) is 0 Å². The maximum absolute atomic E-state index is 15.0. The molecule has 1 aromatic rings. The summed E-state index contributed by atoms with van der Waals surface area (Å²) in [7, 11) is 0. The maximum Gasteiger partial charge on any atom is 0.317 e. The Balaban J connectivity index is 1.36. The minimum atomic E-state index is -2.87. The van der Waals surface area contributed by atoms with Crippen LogP contribution >= 0.6 is 0 Å². The van der Waals surface area contributed by atoms with E-state index in [1.807, 2.05) is 18.2 Å². The third kappa shape index (κ3) is 5.22. The van der Waals surface area contributed by atoms with Gasteiger partial charge in [0.15, 0.2) is 0 Å². The van der Waals surface area contributed by atoms with Gasteiger partial charge in [-0.25, -0.2) is 13.6 Å². The molecule has 3 aliphatic rings. The topological polar surface area (TPSA) is 51.7 Å². The minimum Gasteiger partial charge on any atom is -0.328 e. The van der Waals surface area contributed by atoms with E-state index in [1.54, 1.807) is 11.1 Å². The molecule has 0 unspecified atom stereocenters. The van der Waals surface area contributed by atoms with Gasteiger partial charge in [0, 0.05) is 75.6 Å². The summed E-state index contributed by atoms with van der Waals surface area (Å²) in [5.41, 5.74) is 1.05. The van der Waals surface area contributed by atoms with Crippen LogP contribution in [0.15, 0.2) is 24.4 Å². The van der Waals surface area contributed by atoms with Crippen molar-refractivity contribution in [3.8, 4) is 0 Å². The van der Waals surface area contributed by atoms with Crippen molar-refractivity contribution in [3.63, 3.8) is 0 Å². The molecule has 178 valence electrons. The molecule has 1 N–H and O–H groups in total. The summed E-state index contributed by atoms with van der Waals surface area (Å²) in [6, 6.07) is 4.60. The summed E-state index contributed by atoms with van der Waals surface area (Å²) in [4.78, 5) is 23.7. The van der Waals surface area contributed by atoms with Crippen LogP contribution in [0.1, 0.15) is 57.6 Å². The van der Waals surface area contributed by atoms with Crippen LogP contribution in [0, 0.1) is 0 Å². The van der Waals surface area contributed by atoms with Gasteiger partial charge < -0.3 is 10.2 Å². The lowest BCUT2D eigenvalue weighted by Crippen LogP contribution is -2.66. The molecule has 0 aromatic carbocycles. The number of pyridine rings is 1. The lowest BCUT2D eigenvalue weighted by molar-refractivity contribution is -0.0973. The Hall–Kier alpha value is -1.80. The van der Waals surface area contributed by atoms with E-state index in [-0.39, 0.29) is 18.5 Å². The van der Waals surface area contributed by atoms with Crippen LogP contribution in [0.25, 0.3) is 0 Å². The Morgan fingerprint density at radius 1 is 1.09 bits per heavy atom. The van der Waals surface area contributed by atoms with Crippen molar-refractivity contribution < 1.29 is 13.6 Å². The number of piperazine rings is 1. The predicted octanol–water partition coefficient (Wildman–Crippen LogP) is 3.55. The fraction of sp³-hybridized carbons (Fsp3) is 0.750. The number of nitrogens with zero attached hydrogens (tertiary/aromatic N) is 4. The van der Waals surface area contributed by atoms with Crippen molar-refractivity contribution in [2.24, 2.45) is 0 Å². The molecule has 4 rings (SSSR count). The normalized spacial score (nSPS) is 28.1. The molecule has 0 spiro atoms. The summed E-state index contributed by atoms with van der Waals surface area (Å²) < 4.78 is 30.0. The number of rotatable bonds is 4. The van der Waals surface area contributed by atoms with Crippen molar-refractivity contribution in [1.29, 1.82) is 0 Å². The predicted molar refractivity (Wildman–Crippen MR) is 121 cm³/mol. The van der Waals surface area contributed by atoms with Crippen LogP contribution in [-0.2, 0) is 0 Å². The third-order valence-corrected chi connectivity index (χ3v) is 7.57. The Morgan fingerprint density at radius 2 is 1.81 bits per heavy atom. The molecule has 32 heavy (non-hydrogen) atoms. The second-order valence-corrected chi connectivity index (χ2v) is 9.83. The van der Waals surface area contributed by atoms with Crippen LogP contribution in [0.4, 0.5) is 13.6 Å². The molecule has 6 nitrogen and oxygen atoms in total. The van der Waals surface area contributed by atoms with Crippen LogP contribution in [0.2, 0.25) is 0 Å². The number of alkyl halides is 2. The molecule has 8 heteroatoms. The minimum absolute atomic E-state index is 0.151. The number of halogens is 2. The molecule has 1 saturated carbocycles. The van der Waals surface area contributed by atoms with Gasteiger partial charge in [-0.3, -0.25) is 14.8 Å².